The number of nitrogens with zero attached hydrogens (tertiary/aromatic N) is 1. The van der Waals surface area contributed by atoms with E-state index in [-0.39, 0.29) is 6.04 Å². The standard InChI is InChI=1S/C46H31NO3/c1-4-10-40-35(7-1)38-26-32(19-23-43(38)48-40)47(33-20-24-44-39(27-33)36-8-2-5-11-41(36)49-44)31-17-13-28(14-18-31)29-15-21-34-30(25-29)16-22-45-46(34)37-9-3-6-12-42(37)50-45/h1-18,21-23,25-27,32H,19-20,24H2. The smallest absolute Gasteiger partial charge is 0.136 e. The highest BCUT2D eigenvalue weighted by atomic mass is 16.3. The third-order valence-corrected chi connectivity index (χ3v) is 10.7. The predicted octanol–water partition coefficient (Wildman–Crippen LogP) is 10.7. The van der Waals surface area contributed by atoms with Crippen LogP contribution in [0.4, 0.5) is 5.69 Å². The minimum Gasteiger partial charge on any atom is -0.460 e. The monoisotopic (exact) mass is 645 g/mol. The van der Waals surface area contributed by atoms with Crippen molar-refractivity contribution in [3.8, 4) is 11.1 Å². The van der Waals surface area contributed by atoms with Gasteiger partial charge in [-0.1, -0.05) is 84.9 Å². The molecule has 1 atom stereocenters. The van der Waals surface area contributed by atoms with Crippen molar-refractivity contribution in [3.05, 3.63) is 155 Å². The summed E-state index contributed by atoms with van der Waals surface area (Å²) in [6, 6.07) is 45.3. The lowest BCUT2D eigenvalue weighted by Gasteiger charge is -2.35. The molecule has 0 radical (unpaired) electrons. The predicted molar refractivity (Wildman–Crippen MR) is 204 cm³/mol. The Bertz CT molecular complexity index is 2970. The Morgan fingerprint density at radius 3 is 2.12 bits per heavy atom. The van der Waals surface area contributed by atoms with E-state index in [0.29, 0.717) is 0 Å². The minimum absolute atomic E-state index is 0.133. The molecule has 2 aliphatic carbocycles. The quantitative estimate of drug-likeness (QED) is 0.191. The van der Waals surface area contributed by atoms with E-state index in [1.807, 2.05) is 24.3 Å². The SMILES string of the molecule is C1=C(N(c2ccc(-c3ccc4c(ccc5oc6ccccc6c54)c3)cc2)C2C=c3c(oc4ccccc34)=CC2)CCc2oc3ccccc3c21. The molecule has 0 N–H and O–H groups in total. The molecule has 0 fully saturated rings. The first-order valence-electron chi connectivity index (χ1n) is 17.4. The van der Waals surface area contributed by atoms with Crippen LogP contribution >= 0.6 is 0 Å². The molecule has 50 heavy (non-hydrogen) atoms. The molecule has 238 valence electrons. The second-order valence-corrected chi connectivity index (χ2v) is 13.5. The minimum atomic E-state index is 0.133. The number of benzene rings is 6. The fourth-order valence-corrected chi connectivity index (χ4v) is 8.32. The van der Waals surface area contributed by atoms with Crippen molar-refractivity contribution in [2.75, 3.05) is 4.90 Å². The van der Waals surface area contributed by atoms with E-state index in [1.165, 1.54) is 54.8 Å². The van der Waals surface area contributed by atoms with Crippen LogP contribution in [-0.4, -0.2) is 6.04 Å². The Morgan fingerprint density at radius 1 is 0.560 bits per heavy atom. The highest BCUT2D eigenvalue weighted by molar-refractivity contribution is 6.19. The van der Waals surface area contributed by atoms with Crippen LogP contribution in [0.5, 0.6) is 0 Å². The topological polar surface area (TPSA) is 42.7 Å². The van der Waals surface area contributed by atoms with Crippen LogP contribution < -0.4 is 15.5 Å². The molecular weight excluding hydrogens is 615 g/mol. The number of furan rings is 3. The van der Waals surface area contributed by atoms with E-state index in [1.54, 1.807) is 0 Å². The average molecular weight is 646 g/mol. The maximum absolute atomic E-state index is 6.29. The second kappa shape index (κ2) is 10.6. The van der Waals surface area contributed by atoms with Gasteiger partial charge in [-0.25, -0.2) is 0 Å². The highest BCUT2D eigenvalue weighted by Crippen LogP contribution is 2.39. The third-order valence-electron chi connectivity index (χ3n) is 10.7. The van der Waals surface area contributed by atoms with E-state index in [9.17, 15) is 0 Å². The zero-order valence-electron chi connectivity index (χ0n) is 27.2. The van der Waals surface area contributed by atoms with E-state index < -0.39 is 0 Å². The van der Waals surface area contributed by atoms with Gasteiger partial charge in [0.2, 0.25) is 0 Å². The van der Waals surface area contributed by atoms with E-state index in [2.05, 4.69) is 126 Å². The zero-order chi connectivity index (χ0) is 32.8. The van der Waals surface area contributed by atoms with Gasteiger partial charge < -0.3 is 18.2 Å². The van der Waals surface area contributed by atoms with Crippen LogP contribution in [-0.2, 0) is 6.42 Å². The van der Waals surface area contributed by atoms with Gasteiger partial charge in [-0.2, -0.15) is 0 Å². The molecule has 0 saturated heterocycles. The molecule has 0 bridgehead atoms. The van der Waals surface area contributed by atoms with Crippen molar-refractivity contribution in [1.29, 1.82) is 0 Å². The Hall–Kier alpha value is -6.26. The van der Waals surface area contributed by atoms with Crippen LogP contribution in [0.15, 0.2) is 146 Å². The van der Waals surface area contributed by atoms with Crippen LogP contribution in [0.1, 0.15) is 24.2 Å². The maximum atomic E-state index is 6.29. The molecule has 4 nitrogen and oxygen atoms in total. The lowest BCUT2D eigenvalue weighted by Crippen LogP contribution is -2.39. The summed E-state index contributed by atoms with van der Waals surface area (Å²) in [4.78, 5) is 2.54. The number of anilines is 1. The first-order valence-corrected chi connectivity index (χ1v) is 17.4. The fraction of sp³-hybridized carbons (Fsp3) is 0.0870. The first kappa shape index (κ1) is 27.7. The average Bonchev–Trinajstić information content (AvgIpc) is 3.86. The van der Waals surface area contributed by atoms with Crippen molar-refractivity contribution in [2.24, 2.45) is 0 Å². The van der Waals surface area contributed by atoms with Crippen molar-refractivity contribution >= 4 is 78.6 Å². The Morgan fingerprint density at radius 2 is 1.28 bits per heavy atom. The number of rotatable bonds is 4. The first-order chi connectivity index (χ1) is 24.7. The molecule has 4 heteroatoms. The van der Waals surface area contributed by atoms with Gasteiger partial charge in [-0.05, 0) is 95.4 Å². The summed E-state index contributed by atoms with van der Waals surface area (Å²) in [7, 11) is 0. The zero-order valence-corrected chi connectivity index (χ0v) is 27.2. The number of hydrogen-bond acceptors (Lipinski definition) is 4. The molecule has 1 unspecified atom stereocenters. The van der Waals surface area contributed by atoms with Gasteiger partial charge in [-0.15, -0.1) is 0 Å². The molecule has 0 saturated carbocycles. The van der Waals surface area contributed by atoms with Gasteiger partial charge in [0.25, 0.3) is 0 Å². The lowest BCUT2D eigenvalue weighted by molar-refractivity contribution is 0.539. The Balaban J connectivity index is 1.02. The molecule has 9 aromatic rings. The number of fused-ring (bicyclic) bond motifs is 11. The highest BCUT2D eigenvalue weighted by Gasteiger charge is 2.27. The molecule has 0 aliphatic heterocycles. The van der Waals surface area contributed by atoms with Crippen LogP contribution in [0.3, 0.4) is 0 Å². The van der Waals surface area contributed by atoms with Gasteiger partial charge in [0.05, 0.1) is 6.04 Å². The van der Waals surface area contributed by atoms with Crippen molar-refractivity contribution in [3.63, 3.8) is 0 Å². The Labute approximate surface area is 287 Å². The normalized spacial score (nSPS) is 15.6. The summed E-state index contributed by atoms with van der Waals surface area (Å²) in [5, 5.41) is 8.28. The molecule has 6 aromatic carbocycles. The van der Waals surface area contributed by atoms with Crippen LogP contribution in [0.25, 0.3) is 84.0 Å². The number of aryl methyl sites for hydroxylation is 1. The van der Waals surface area contributed by atoms with Crippen molar-refractivity contribution < 1.29 is 13.3 Å². The van der Waals surface area contributed by atoms with Gasteiger partial charge in [0.15, 0.2) is 0 Å². The molecule has 11 rings (SSSR count). The largest absolute Gasteiger partial charge is 0.460 e. The van der Waals surface area contributed by atoms with E-state index >= 15 is 0 Å². The van der Waals surface area contributed by atoms with Gasteiger partial charge in [-0.3, -0.25) is 0 Å². The lowest BCUT2D eigenvalue weighted by atomic mass is 9.95. The molecule has 2 aliphatic rings. The van der Waals surface area contributed by atoms with Crippen LogP contribution in [0.2, 0.25) is 0 Å². The Kier molecular flexibility index (Phi) is 5.88. The van der Waals surface area contributed by atoms with Gasteiger partial charge in [0.1, 0.15) is 33.5 Å². The second-order valence-electron chi connectivity index (χ2n) is 13.5. The fourth-order valence-electron chi connectivity index (χ4n) is 8.32. The van der Waals surface area contributed by atoms with E-state index in [4.69, 9.17) is 13.3 Å². The van der Waals surface area contributed by atoms with Crippen molar-refractivity contribution in [1.82, 2.24) is 0 Å². The summed E-state index contributed by atoms with van der Waals surface area (Å²) in [5.41, 5.74) is 10.8. The summed E-state index contributed by atoms with van der Waals surface area (Å²) >= 11 is 0. The summed E-state index contributed by atoms with van der Waals surface area (Å²) in [5.74, 6) is 1.07. The molecule has 3 heterocycles. The maximum Gasteiger partial charge on any atom is 0.136 e. The van der Waals surface area contributed by atoms with E-state index in [0.717, 1.165) is 63.5 Å². The molecule has 3 aromatic heterocycles. The van der Waals surface area contributed by atoms with Gasteiger partial charge in [0, 0.05) is 50.1 Å². The molecular formula is C46H31NO3. The number of para-hydroxylation sites is 3. The molecule has 0 spiro atoms. The van der Waals surface area contributed by atoms with Gasteiger partial charge >= 0.3 is 0 Å². The number of allylic oxidation sites excluding steroid dienone is 1. The summed E-state index contributed by atoms with van der Waals surface area (Å²) < 4.78 is 18.7. The van der Waals surface area contributed by atoms with Crippen LogP contribution in [0, 0.1) is 0 Å². The van der Waals surface area contributed by atoms with Crippen molar-refractivity contribution in [2.45, 2.75) is 25.3 Å². The summed E-state index contributed by atoms with van der Waals surface area (Å²) in [6.45, 7) is 0. The molecule has 0 amide bonds. The third kappa shape index (κ3) is 4.18. The number of hydrogen-bond donors (Lipinski definition) is 0. The summed E-state index contributed by atoms with van der Waals surface area (Å²) in [6.07, 6.45) is 9.66.